The van der Waals surface area contributed by atoms with Crippen LogP contribution in [-0.4, -0.2) is 30.7 Å². The van der Waals surface area contributed by atoms with Crippen molar-refractivity contribution in [2.75, 3.05) is 24.6 Å². The number of amides is 1. The van der Waals surface area contributed by atoms with Crippen LogP contribution in [-0.2, 0) is 0 Å². The molecule has 1 rings (SSSR count). The summed E-state index contributed by atoms with van der Waals surface area (Å²) in [6.45, 7) is 4.50. The zero-order chi connectivity index (χ0) is 14.4. The molecule has 5 nitrogen and oxygen atoms in total. The minimum absolute atomic E-state index is 0.180. The minimum Gasteiger partial charge on any atom is -0.399 e. The molecule has 0 aromatic heterocycles. The summed E-state index contributed by atoms with van der Waals surface area (Å²) in [7, 11) is 1.58. The minimum atomic E-state index is -0.445. The molecule has 0 aliphatic carbocycles. The number of carbonyl (C=O) groups is 1. The Hall–Kier alpha value is -1.75. The molecule has 0 aliphatic rings. The fourth-order valence-corrected chi connectivity index (χ4v) is 1.90. The van der Waals surface area contributed by atoms with Crippen molar-refractivity contribution in [2.24, 2.45) is 5.92 Å². The SMILES string of the molecule is CNC(=O)c1ccc(N)cc1NCC(O)CC(C)C. The summed E-state index contributed by atoms with van der Waals surface area (Å²) < 4.78 is 0. The van der Waals surface area contributed by atoms with E-state index < -0.39 is 6.10 Å². The number of nitrogens with one attached hydrogen (secondary N) is 2. The maximum Gasteiger partial charge on any atom is 0.253 e. The van der Waals surface area contributed by atoms with Gasteiger partial charge in [-0.3, -0.25) is 4.79 Å². The molecule has 1 atom stereocenters. The zero-order valence-electron chi connectivity index (χ0n) is 11.7. The van der Waals surface area contributed by atoms with Crippen LogP contribution < -0.4 is 16.4 Å². The molecule has 5 heteroatoms. The number of benzene rings is 1. The van der Waals surface area contributed by atoms with Crippen molar-refractivity contribution in [2.45, 2.75) is 26.4 Å². The number of nitrogens with two attached hydrogens (primary N) is 1. The predicted molar refractivity (Wildman–Crippen MR) is 78.2 cm³/mol. The molecule has 1 aromatic rings. The molecule has 5 N–H and O–H groups in total. The van der Waals surface area contributed by atoms with Crippen LogP contribution >= 0.6 is 0 Å². The van der Waals surface area contributed by atoms with Gasteiger partial charge in [-0.2, -0.15) is 0 Å². The van der Waals surface area contributed by atoms with Gasteiger partial charge in [-0.25, -0.2) is 0 Å². The van der Waals surface area contributed by atoms with Gasteiger partial charge in [-0.15, -0.1) is 0 Å². The van der Waals surface area contributed by atoms with E-state index in [4.69, 9.17) is 5.73 Å². The number of hydrogen-bond acceptors (Lipinski definition) is 4. The number of carbonyl (C=O) groups excluding carboxylic acids is 1. The number of hydrogen-bond donors (Lipinski definition) is 4. The Morgan fingerprint density at radius 2 is 2.11 bits per heavy atom. The zero-order valence-corrected chi connectivity index (χ0v) is 11.7. The van der Waals surface area contributed by atoms with E-state index in [1.165, 1.54) is 0 Å². The van der Waals surface area contributed by atoms with Gasteiger partial charge in [-0.1, -0.05) is 13.8 Å². The van der Waals surface area contributed by atoms with Gasteiger partial charge >= 0.3 is 0 Å². The van der Waals surface area contributed by atoms with E-state index in [0.717, 1.165) is 0 Å². The van der Waals surface area contributed by atoms with Gasteiger partial charge < -0.3 is 21.5 Å². The number of nitrogen functional groups attached to an aromatic ring is 1. The van der Waals surface area contributed by atoms with E-state index >= 15 is 0 Å². The van der Waals surface area contributed by atoms with Gasteiger partial charge in [0.05, 0.1) is 11.7 Å². The molecule has 1 aromatic carbocycles. The Labute approximate surface area is 114 Å². The highest BCUT2D eigenvalue weighted by Crippen LogP contribution is 2.19. The number of rotatable bonds is 6. The molecular formula is C14H23N3O2. The maximum absolute atomic E-state index is 11.7. The molecule has 0 fully saturated rings. The van der Waals surface area contributed by atoms with Crippen LogP contribution in [0, 0.1) is 5.92 Å². The van der Waals surface area contributed by atoms with Crippen LogP contribution in [0.5, 0.6) is 0 Å². The van der Waals surface area contributed by atoms with E-state index in [1.54, 1.807) is 25.2 Å². The van der Waals surface area contributed by atoms with Crippen LogP contribution in [0.25, 0.3) is 0 Å². The lowest BCUT2D eigenvalue weighted by molar-refractivity contribution is 0.0963. The van der Waals surface area contributed by atoms with Crippen molar-refractivity contribution in [1.29, 1.82) is 0 Å². The summed E-state index contributed by atoms with van der Waals surface area (Å²) in [5.74, 6) is 0.247. The molecule has 19 heavy (non-hydrogen) atoms. The highest BCUT2D eigenvalue weighted by molar-refractivity contribution is 6.00. The molecule has 1 unspecified atom stereocenters. The van der Waals surface area contributed by atoms with Crippen molar-refractivity contribution in [1.82, 2.24) is 5.32 Å². The first-order valence-corrected chi connectivity index (χ1v) is 6.47. The van der Waals surface area contributed by atoms with E-state index in [-0.39, 0.29) is 5.91 Å². The van der Waals surface area contributed by atoms with Gasteiger partial charge in [-0.05, 0) is 30.5 Å². The molecule has 0 spiro atoms. The highest BCUT2D eigenvalue weighted by Gasteiger charge is 2.12. The lowest BCUT2D eigenvalue weighted by Gasteiger charge is -2.17. The number of anilines is 2. The monoisotopic (exact) mass is 265 g/mol. The normalized spacial score (nSPS) is 12.3. The lowest BCUT2D eigenvalue weighted by atomic mass is 10.1. The molecule has 0 heterocycles. The van der Waals surface area contributed by atoms with E-state index in [0.29, 0.717) is 35.8 Å². The molecule has 1 amide bonds. The van der Waals surface area contributed by atoms with E-state index in [9.17, 15) is 9.90 Å². The third kappa shape index (κ3) is 4.79. The Morgan fingerprint density at radius 3 is 2.68 bits per heavy atom. The second kappa shape index (κ2) is 6.99. The smallest absolute Gasteiger partial charge is 0.253 e. The standard InChI is InChI=1S/C14H23N3O2/c1-9(2)6-11(18)8-17-13-7-10(15)4-5-12(13)14(19)16-3/h4-5,7,9,11,17-18H,6,8,15H2,1-3H3,(H,16,19). The highest BCUT2D eigenvalue weighted by atomic mass is 16.3. The Morgan fingerprint density at radius 1 is 1.42 bits per heavy atom. The van der Waals surface area contributed by atoms with Crippen molar-refractivity contribution in [3.63, 3.8) is 0 Å². The molecular weight excluding hydrogens is 242 g/mol. The first-order valence-electron chi connectivity index (χ1n) is 6.47. The summed E-state index contributed by atoms with van der Waals surface area (Å²) >= 11 is 0. The summed E-state index contributed by atoms with van der Waals surface area (Å²) in [6, 6.07) is 5.05. The molecule has 0 aliphatic heterocycles. The van der Waals surface area contributed by atoms with Gasteiger partial charge in [0.25, 0.3) is 5.91 Å². The molecule has 0 bridgehead atoms. The fourth-order valence-electron chi connectivity index (χ4n) is 1.90. The third-order valence-corrected chi connectivity index (χ3v) is 2.79. The average Bonchev–Trinajstić information content (AvgIpc) is 2.34. The maximum atomic E-state index is 11.7. The molecule has 106 valence electrons. The van der Waals surface area contributed by atoms with Crippen molar-refractivity contribution in [3.8, 4) is 0 Å². The van der Waals surface area contributed by atoms with Crippen LogP contribution in [0.1, 0.15) is 30.6 Å². The first kappa shape index (κ1) is 15.3. The van der Waals surface area contributed by atoms with Crippen molar-refractivity contribution < 1.29 is 9.90 Å². The van der Waals surface area contributed by atoms with Crippen molar-refractivity contribution in [3.05, 3.63) is 23.8 Å². The van der Waals surface area contributed by atoms with Crippen LogP contribution in [0.2, 0.25) is 0 Å². The third-order valence-electron chi connectivity index (χ3n) is 2.79. The molecule has 0 saturated carbocycles. The Kier molecular flexibility index (Phi) is 5.63. The largest absolute Gasteiger partial charge is 0.399 e. The average molecular weight is 265 g/mol. The van der Waals surface area contributed by atoms with Crippen LogP contribution in [0.15, 0.2) is 18.2 Å². The van der Waals surface area contributed by atoms with Crippen LogP contribution in [0.4, 0.5) is 11.4 Å². The van der Waals surface area contributed by atoms with Crippen LogP contribution in [0.3, 0.4) is 0 Å². The number of aliphatic hydroxyl groups excluding tert-OH is 1. The van der Waals surface area contributed by atoms with Gasteiger partial charge in [0.1, 0.15) is 0 Å². The Balaban J connectivity index is 2.76. The second-order valence-corrected chi connectivity index (χ2v) is 5.05. The summed E-state index contributed by atoms with van der Waals surface area (Å²) in [4.78, 5) is 11.7. The second-order valence-electron chi connectivity index (χ2n) is 5.05. The van der Waals surface area contributed by atoms with E-state index in [2.05, 4.69) is 24.5 Å². The topological polar surface area (TPSA) is 87.4 Å². The Bertz CT molecular complexity index is 433. The summed E-state index contributed by atoms with van der Waals surface area (Å²) in [6.07, 6.45) is 0.268. The summed E-state index contributed by atoms with van der Waals surface area (Å²) in [5, 5.41) is 15.5. The van der Waals surface area contributed by atoms with Gasteiger partial charge in [0.15, 0.2) is 0 Å². The lowest BCUT2D eigenvalue weighted by Crippen LogP contribution is -2.24. The number of aliphatic hydroxyl groups is 1. The summed E-state index contributed by atoms with van der Waals surface area (Å²) in [5.41, 5.74) is 7.46. The molecule has 0 radical (unpaired) electrons. The van der Waals surface area contributed by atoms with Gasteiger partial charge in [0.2, 0.25) is 0 Å². The predicted octanol–water partition coefficient (Wildman–Crippen LogP) is 1.45. The van der Waals surface area contributed by atoms with E-state index in [1.807, 2.05) is 0 Å². The van der Waals surface area contributed by atoms with Crippen molar-refractivity contribution >= 4 is 17.3 Å². The quantitative estimate of drug-likeness (QED) is 0.586. The molecule has 0 saturated heterocycles. The first-order chi connectivity index (χ1) is 8.93. The van der Waals surface area contributed by atoms with Gasteiger partial charge in [0, 0.05) is 25.0 Å². The fraction of sp³-hybridized carbons (Fsp3) is 0.500.